The zero-order valence-electron chi connectivity index (χ0n) is 13.5. The zero-order valence-corrected chi connectivity index (χ0v) is 14.4. The van der Waals surface area contributed by atoms with Crippen LogP contribution in [0.15, 0.2) is 41.5 Å². The second-order valence-electron chi connectivity index (χ2n) is 5.98. The van der Waals surface area contributed by atoms with Crippen LogP contribution in [-0.4, -0.2) is 21.4 Å². The third-order valence-corrected chi connectivity index (χ3v) is 4.97. The summed E-state index contributed by atoms with van der Waals surface area (Å²) in [6.45, 7) is 1.86. The maximum Gasteiger partial charge on any atom is 0.272 e. The van der Waals surface area contributed by atoms with E-state index in [4.69, 9.17) is 5.73 Å². The summed E-state index contributed by atoms with van der Waals surface area (Å²) in [5.74, 6) is 0.191. The molecule has 0 aliphatic carbocycles. The van der Waals surface area contributed by atoms with E-state index in [9.17, 15) is 9.18 Å². The standard InChI is InChI=1S/C17H19FN4OS/c1-17(7-9-24-16(19)21-17)12-10-11(5-6-13(12)18)20-15(23)14-4-3-8-22(14)2/h3-6,8,10H,7,9H2,1-2H3,(H2,19,21)(H,20,23). The maximum absolute atomic E-state index is 14.4. The van der Waals surface area contributed by atoms with Gasteiger partial charge in [-0.3, -0.25) is 9.79 Å². The number of aryl methyl sites for hydroxylation is 1. The molecule has 3 rings (SSSR count). The van der Waals surface area contributed by atoms with Gasteiger partial charge in [0.15, 0.2) is 5.17 Å². The second-order valence-corrected chi connectivity index (χ2v) is 7.09. The molecule has 126 valence electrons. The molecule has 3 N–H and O–H groups in total. The molecule has 2 heterocycles. The number of nitrogens with zero attached hydrogens (tertiary/aromatic N) is 2. The van der Waals surface area contributed by atoms with Crippen molar-refractivity contribution < 1.29 is 9.18 Å². The number of anilines is 1. The molecule has 1 aliphatic heterocycles. The Kier molecular flexibility index (Phi) is 4.36. The van der Waals surface area contributed by atoms with Crippen molar-refractivity contribution in [2.75, 3.05) is 11.1 Å². The number of carbonyl (C=O) groups excluding carboxylic acids is 1. The number of nitrogens with two attached hydrogens (primary N) is 1. The molecule has 0 fully saturated rings. The van der Waals surface area contributed by atoms with Gasteiger partial charge in [0, 0.05) is 30.2 Å². The fourth-order valence-corrected chi connectivity index (χ4v) is 3.76. The summed E-state index contributed by atoms with van der Waals surface area (Å²) >= 11 is 1.47. The van der Waals surface area contributed by atoms with Crippen molar-refractivity contribution in [1.29, 1.82) is 0 Å². The number of thioether (sulfide) groups is 1. The minimum absolute atomic E-state index is 0.243. The molecule has 1 unspecified atom stereocenters. The van der Waals surface area contributed by atoms with Crippen LogP contribution in [0.4, 0.5) is 10.1 Å². The van der Waals surface area contributed by atoms with Crippen molar-refractivity contribution in [1.82, 2.24) is 4.57 Å². The van der Waals surface area contributed by atoms with Gasteiger partial charge in [0.05, 0.1) is 5.54 Å². The van der Waals surface area contributed by atoms with E-state index in [0.717, 1.165) is 5.75 Å². The number of halogens is 1. The van der Waals surface area contributed by atoms with E-state index < -0.39 is 5.54 Å². The van der Waals surface area contributed by atoms with Crippen LogP contribution in [-0.2, 0) is 12.6 Å². The van der Waals surface area contributed by atoms with Crippen LogP contribution in [0.1, 0.15) is 29.4 Å². The lowest BCUT2D eigenvalue weighted by atomic mass is 9.89. The number of amides is 1. The summed E-state index contributed by atoms with van der Waals surface area (Å²) < 4.78 is 16.1. The molecule has 5 nitrogen and oxygen atoms in total. The Bertz CT molecular complexity index is 817. The van der Waals surface area contributed by atoms with Crippen LogP contribution in [0, 0.1) is 5.82 Å². The number of aromatic nitrogens is 1. The first-order valence-electron chi connectivity index (χ1n) is 7.60. The summed E-state index contributed by atoms with van der Waals surface area (Å²) in [4.78, 5) is 16.8. The lowest BCUT2D eigenvalue weighted by Crippen LogP contribution is -2.30. The average Bonchev–Trinajstić information content (AvgIpc) is 2.95. The van der Waals surface area contributed by atoms with Gasteiger partial charge in [-0.25, -0.2) is 4.39 Å². The number of carbonyl (C=O) groups is 1. The first-order chi connectivity index (χ1) is 11.4. The molecule has 1 aliphatic rings. The molecule has 0 saturated carbocycles. The number of rotatable bonds is 3. The lowest BCUT2D eigenvalue weighted by Gasteiger charge is -2.30. The normalized spacial score (nSPS) is 20.5. The van der Waals surface area contributed by atoms with Crippen molar-refractivity contribution in [2.24, 2.45) is 17.8 Å². The predicted octanol–water partition coefficient (Wildman–Crippen LogP) is 3.08. The molecule has 1 aromatic carbocycles. The van der Waals surface area contributed by atoms with E-state index in [0.29, 0.717) is 28.5 Å². The van der Waals surface area contributed by atoms with Gasteiger partial charge < -0.3 is 15.6 Å². The Labute approximate surface area is 144 Å². The Morgan fingerprint density at radius 3 is 2.92 bits per heavy atom. The monoisotopic (exact) mass is 346 g/mol. The summed E-state index contributed by atoms with van der Waals surface area (Å²) in [7, 11) is 1.79. The fraction of sp³-hybridized carbons (Fsp3) is 0.294. The highest BCUT2D eigenvalue weighted by atomic mass is 32.2. The molecule has 1 aromatic heterocycles. The number of hydrogen-bond donors (Lipinski definition) is 2. The van der Waals surface area contributed by atoms with Crippen LogP contribution < -0.4 is 11.1 Å². The molecule has 2 aromatic rings. The number of benzene rings is 1. The molecular weight excluding hydrogens is 327 g/mol. The van der Waals surface area contributed by atoms with Gasteiger partial charge in [0.1, 0.15) is 11.5 Å². The van der Waals surface area contributed by atoms with Gasteiger partial charge >= 0.3 is 0 Å². The van der Waals surface area contributed by atoms with Crippen molar-refractivity contribution in [3.8, 4) is 0 Å². The molecule has 24 heavy (non-hydrogen) atoms. The number of hydrogen-bond acceptors (Lipinski definition) is 4. The Morgan fingerprint density at radius 2 is 2.25 bits per heavy atom. The summed E-state index contributed by atoms with van der Waals surface area (Å²) in [5, 5.41) is 3.27. The van der Waals surface area contributed by atoms with Gasteiger partial charge in [-0.1, -0.05) is 11.8 Å². The first-order valence-corrected chi connectivity index (χ1v) is 8.58. The van der Waals surface area contributed by atoms with Crippen LogP contribution >= 0.6 is 11.8 Å². The van der Waals surface area contributed by atoms with Crippen molar-refractivity contribution in [3.05, 3.63) is 53.6 Å². The van der Waals surface area contributed by atoms with Gasteiger partial charge in [-0.15, -0.1) is 0 Å². The molecule has 0 bridgehead atoms. The number of amidine groups is 1. The first kappa shape index (κ1) is 16.6. The highest BCUT2D eigenvalue weighted by Gasteiger charge is 2.32. The van der Waals surface area contributed by atoms with Crippen LogP contribution in [0.2, 0.25) is 0 Å². The highest BCUT2D eigenvalue weighted by molar-refractivity contribution is 8.13. The molecule has 7 heteroatoms. The van der Waals surface area contributed by atoms with Gasteiger partial charge in [-0.2, -0.15) is 0 Å². The van der Waals surface area contributed by atoms with E-state index in [2.05, 4.69) is 10.3 Å². The molecule has 1 amide bonds. The van der Waals surface area contributed by atoms with Crippen molar-refractivity contribution >= 4 is 28.5 Å². The maximum atomic E-state index is 14.4. The van der Waals surface area contributed by atoms with Crippen molar-refractivity contribution in [2.45, 2.75) is 18.9 Å². The van der Waals surface area contributed by atoms with E-state index in [1.54, 1.807) is 42.1 Å². The minimum Gasteiger partial charge on any atom is -0.379 e. The Morgan fingerprint density at radius 1 is 1.46 bits per heavy atom. The SMILES string of the molecule is Cn1cccc1C(=O)Nc1ccc(F)c(C2(C)CCSC(N)=N2)c1. The topological polar surface area (TPSA) is 72.4 Å². The zero-order chi connectivity index (χ0) is 17.3. The molecule has 0 spiro atoms. The molecule has 0 radical (unpaired) electrons. The van der Waals surface area contributed by atoms with Gasteiger partial charge in [-0.05, 0) is 43.7 Å². The van der Waals surface area contributed by atoms with Gasteiger partial charge in [0.2, 0.25) is 0 Å². The Hall–Kier alpha value is -2.28. The minimum atomic E-state index is -0.717. The quantitative estimate of drug-likeness (QED) is 0.897. The smallest absolute Gasteiger partial charge is 0.272 e. The second kappa shape index (κ2) is 6.32. The third-order valence-electron chi connectivity index (χ3n) is 4.18. The van der Waals surface area contributed by atoms with Gasteiger partial charge in [0.25, 0.3) is 5.91 Å². The average molecular weight is 346 g/mol. The van der Waals surface area contributed by atoms with E-state index >= 15 is 0 Å². The van der Waals surface area contributed by atoms with Crippen molar-refractivity contribution in [3.63, 3.8) is 0 Å². The summed E-state index contributed by atoms with van der Waals surface area (Å²) in [6, 6.07) is 8.07. The number of aliphatic imine (C=N–C) groups is 1. The third kappa shape index (κ3) is 3.17. The number of nitrogens with one attached hydrogen (secondary N) is 1. The lowest BCUT2D eigenvalue weighted by molar-refractivity contribution is 0.101. The Balaban J connectivity index is 1.91. The summed E-state index contributed by atoms with van der Waals surface area (Å²) in [5.41, 5.74) is 6.60. The molecule has 1 atom stereocenters. The van der Waals surface area contributed by atoms with E-state index in [1.165, 1.54) is 17.8 Å². The fourth-order valence-electron chi connectivity index (χ4n) is 2.79. The van der Waals surface area contributed by atoms with E-state index in [-0.39, 0.29) is 11.7 Å². The molecule has 0 saturated heterocycles. The highest BCUT2D eigenvalue weighted by Crippen LogP contribution is 2.37. The predicted molar refractivity (Wildman–Crippen MR) is 95.8 cm³/mol. The van der Waals surface area contributed by atoms with Crippen LogP contribution in [0.3, 0.4) is 0 Å². The molecular formula is C17H19FN4OS. The summed E-state index contributed by atoms with van der Waals surface area (Å²) in [6.07, 6.45) is 2.48. The van der Waals surface area contributed by atoms with Crippen LogP contribution in [0.25, 0.3) is 0 Å². The van der Waals surface area contributed by atoms with Crippen LogP contribution in [0.5, 0.6) is 0 Å². The van der Waals surface area contributed by atoms with E-state index in [1.807, 2.05) is 6.92 Å². The largest absolute Gasteiger partial charge is 0.379 e.